The van der Waals surface area contributed by atoms with Crippen LogP contribution in [0.4, 0.5) is 0 Å². The first-order valence-electron chi connectivity index (χ1n) is 6.39. The van der Waals surface area contributed by atoms with Gasteiger partial charge in [0.05, 0.1) is 0 Å². The molecule has 17 heavy (non-hydrogen) atoms. The maximum absolute atomic E-state index is 5.92. The monoisotopic (exact) mass is 233 g/mol. The molecule has 2 rings (SSSR count). The van der Waals surface area contributed by atoms with Gasteiger partial charge in [0.1, 0.15) is 0 Å². The second-order valence-electron chi connectivity index (χ2n) is 5.08. The van der Waals surface area contributed by atoms with Crippen LogP contribution < -0.4 is 5.73 Å². The Hall–Kier alpha value is -0.900. The second-order valence-corrected chi connectivity index (χ2v) is 5.08. The molecule has 1 heterocycles. The van der Waals surface area contributed by atoms with E-state index in [1.807, 2.05) is 0 Å². The molecule has 2 N–H and O–H groups in total. The number of hydrogen-bond acceptors (Lipinski definition) is 3. The van der Waals surface area contributed by atoms with Crippen molar-refractivity contribution in [3.8, 4) is 0 Å². The van der Waals surface area contributed by atoms with Crippen molar-refractivity contribution in [3.63, 3.8) is 0 Å². The van der Waals surface area contributed by atoms with E-state index in [9.17, 15) is 0 Å². The smallest absolute Gasteiger partial charge is 0.0477 e. The van der Waals surface area contributed by atoms with Crippen molar-refractivity contribution in [2.75, 3.05) is 33.7 Å². The third-order valence-corrected chi connectivity index (χ3v) is 3.50. The molecule has 1 aliphatic rings. The predicted molar refractivity (Wildman–Crippen MR) is 71.8 cm³/mol. The van der Waals surface area contributed by atoms with Gasteiger partial charge in [0.15, 0.2) is 0 Å². The lowest BCUT2D eigenvalue weighted by Crippen LogP contribution is -2.30. The van der Waals surface area contributed by atoms with Crippen LogP contribution in [0.1, 0.15) is 23.6 Å². The van der Waals surface area contributed by atoms with E-state index in [-0.39, 0.29) is 0 Å². The van der Waals surface area contributed by atoms with E-state index >= 15 is 0 Å². The molecule has 0 saturated heterocycles. The molecule has 0 amide bonds. The number of rotatable bonds is 5. The minimum atomic E-state index is 0.424. The average Bonchev–Trinajstić information content (AvgIpc) is 2.66. The van der Waals surface area contributed by atoms with Crippen LogP contribution in [0.15, 0.2) is 24.3 Å². The molecule has 94 valence electrons. The molecule has 3 heteroatoms. The molecule has 1 aromatic rings. The zero-order valence-corrected chi connectivity index (χ0v) is 10.9. The summed E-state index contributed by atoms with van der Waals surface area (Å²) in [5.74, 6) is 0. The van der Waals surface area contributed by atoms with Gasteiger partial charge in [-0.25, -0.2) is 0 Å². The number of nitrogens with zero attached hydrogens (tertiary/aromatic N) is 2. The van der Waals surface area contributed by atoms with Crippen LogP contribution in [0.25, 0.3) is 0 Å². The van der Waals surface area contributed by atoms with Gasteiger partial charge in [0, 0.05) is 25.7 Å². The van der Waals surface area contributed by atoms with E-state index in [1.54, 1.807) is 0 Å². The summed E-state index contributed by atoms with van der Waals surface area (Å²) in [7, 11) is 4.25. The van der Waals surface area contributed by atoms with Gasteiger partial charge in [-0.1, -0.05) is 24.3 Å². The van der Waals surface area contributed by atoms with E-state index in [1.165, 1.54) is 17.5 Å². The van der Waals surface area contributed by atoms with Crippen molar-refractivity contribution in [1.82, 2.24) is 9.80 Å². The Balaban J connectivity index is 1.97. The Morgan fingerprint density at radius 3 is 2.82 bits per heavy atom. The summed E-state index contributed by atoms with van der Waals surface area (Å²) in [5, 5.41) is 0. The Kier molecular flexibility index (Phi) is 4.15. The van der Waals surface area contributed by atoms with Crippen LogP contribution in [0.5, 0.6) is 0 Å². The van der Waals surface area contributed by atoms with Crippen LogP contribution in [-0.2, 0) is 6.54 Å². The first kappa shape index (κ1) is 12.6. The molecule has 3 nitrogen and oxygen atoms in total. The van der Waals surface area contributed by atoms with E-state index < -0.39 is 0 Å². The van der Waals surface area contributed by atoms with Crippen molar-refractivity contribution in [2.45, 2.75) is 19.0 Å². The molecule has 0 saturated carbocycles. The fourth-order valence-electron chi connectivity index (χ4n) is 2.63. The summed E-state index contributed by atoms with van der Waals surface area (Å²) >= 11 is 0. The minimum absolute atomic E-state index is 0.424. The number of fused-ring (bicyclic) bond motifs is 1. The lowest BCUT2D eigenvalue weighted by molar-refractivity contribution is 0.208. The molecule has 1 atom stereocenters. The molecule has 0 aromatic heterocycles. The van der Waals surface area contributed by atoms with Crippen LogP contribution in [-0.4, -0.2) is 43.5 Å². The Morgan fingerprint density at radius 2 is 2.12 bits per heavy atom. The van der Waals surface area contributed by atoms with Crippen LogP contribution >= 0.6 is 0 Å². The highest BCUT2D eigenvalue weighted by molar-refractivity contribution is 5.34. The van der Waals surface area contributed by atoms with Gasteiger partial charge >= 0.3 is 0 Å². The van der Waals surface area contributed by atoms with Crippen LogP contribution in [0.2, 0.25) is 0 Å². The van der Waals surface area contributed by atoms with Crippen LogP contribution in [0.3, 0.4) is 0 Å². The maximum Gasteiger partial charge on any atom is 0.0477 e. The zero-order chi connectivity index (χ0) is 12.3. The SMILES string of the molecule is CN(C)CCCN1Cc2ccccc2C1CN. The molecule has 0 fully saturated rings. The molecule has 0 radical (unpaired) electrons. The zero-order valence-electron chi connectivity index (χ0n) is 10.9. The topological polar surface area (TPSA) is 32.5 Å². The van der Waals surface area contributed by atoms with E-state index in [2.05, 4.69) is 48.2 Å². The summed E-state index contributed by atoms with van der Waals surface area (Å²) in [4.78, 5) is 4.74. The quantitative estimate of drug-likeness (QED) is 0.835. The largest absolute Gasteiger partial charge is 0.329 e. The second kappa shape index (κ2) is 5.63. The molecular weight excluding hydrogens is 210 g/mol. The lowest BCUT2D eigenvalue weighted by atomic mass is 10.1. The van der Waals surface area contributed by atoms with Crippen molar-refractivity contribution >= 4 is 0 Å². The Labute approximate surface area is 104 Å². The van der Waals surface area contributed by atoms with E-state index in [0.29, 0.717) is 6.04 Å². The lowest BCUT2D eigenvalue weighted by Gasteiger charge is -2.24. The number of nitrogens with two attached hydrogens (primary N) is 1. The van der Waals surface area contributed by atoms with Gasteiger partial charge < -0.3 is 10.6 Å². The number of benzene rings is 1. The highest BCUT2D eigenvalue weighted by Crippen LogP contribution is 2.32. The highest BCUT2D eigenvalue weighted by atomic mass is 15.2. The molecule has 0 bridgehead atoms. The van der Waals surface area contributed by atoms with Crippen molar-refractivity contribution < 1.29 is 0 Å². The average molecular weight is 233 g/mol. The van der Waals surface area contributed by atoms with Gasteiger partial charge in [0.25, 0.3) is 0 Å². The van der Waals surface area contributed by atoms with E-state index in [4.69, 9.17) is 5.73 Å². The summed E-state index contributed by atoms with van der Waals surface area (Å²) in [6, 6.07) is 9.11. The minimum Gasteiger partial charge on any atom is -0.329 e. The Morgan fingerprint density at radius 1 is 1.35 bits per heavy atom. The molecule has 1 aliphatic heterocycles. The van der Waals surface area contributed by atoms with Gasteiger partial charge in [-0.15, -0.1) is 0 Å². The first-order valence-corrected chi connectivity index (χ1v) is 6.39. The van der Waals surface area contributed by atoms with Gasteiger partial charge in [-0.2, -0.15) is 0 Å². The first-order chi connectivity index (χ1) is 8.22. The highest BCUT2D eigenvalue weighted by Gasteiger charge is 2.27. The molecule has 1 unspecified atom stereocenters. The normalized spacial score (nSPS) is 19.9. The Bertz CT molecular complexity index is 362. The summed E-state index contributed by atoms with van der Waals surface area (Å²) < 4.78 is 0. The summed E-state index contributed by atoms with van der Waals surface area (Å²) in [6.45, 7) is 4.06. The summed E-state index contributed by atoms with van der Waals surface area (Å²) in [5.41, 5.74) is 8.80. The third kappa shape index (κ3) is 2.86. The molecular formula is C14H23N3. The van der Waals surface area contributed by atoms with Gasteiger partial charge in [0.2, 0.25) is 0 Å². The van der Waals surface area contributed by atoms with Crippen LogP contribution in [0, 0.1) is 0 Å². The predicted octanol–water partition coefficient (Wildman–Crippen LogP) is 1.45. The fraction of sp³-hybridized carbons (Fsp3) is 0.571. The molecule has 0 spiro atoms. The molecule has 0 aliphatic carbocycles. The van der Waals surface area contributed by atoms with Crippen molar-refractivity contribution in [3.05, 3.63) is 35.4 Å². The third-order valence-electron chi connectivity index (χ3n) is 3.50. The van der Waals surface area contributed by atoms with Gasteiger partial charge in [-0.05, 0) is 38.2 Å². The molecule has 1 aromatic carbocycles. The summed E-state index contributed by atoms with van der Waals surface area (Å²) in [6.07, 6.45) is 1.21. The fourth-order valence-corrected chi connectivity index (χ4v) is 2.63. The number of hydrogen-bond donors (Lipinski definition) is 1. The van der Waals surface area contributed by atoms with Crippen molar-refractivity contribution in [2.24, 2.45) is 5.73 Å². The maximum atomic E-state index is 5.92. The van der Waals surface area contributed by atoms with E-state index in [0.717, 1.165) is 26.2 Å². The van der Waals surface area contributed by atoms with Crippen molar-refractivity contribution in [1.29, 1.82) is 0 Å². The standard InChI is InChI=1S/C14H23N3/c1-16(2)8-5-9-17-11-12-6-3-4-7-13(12)14(17)10-15/h3-4,6-7,14H,5,8-11,15H2,1-2H3. The van der Waals surface area contributed by atoms with Gasteiger partial charge in [-0.3, -0.25) is 4.90 Å².